The van der Waals surface area contributed by atoms with E-state index < -0.39 is 57.5 Å². The van der Waals surface area contributed by atoms with Gasteiger partial charge < -0.3 is 20.4 Å². The molecule has 3 aromatic heterocycles. The van der Waals surface area contributed by atoms with Crippen molar-refractivity contribution in [3.8, 4) is 16.9 Å². The highest BCUT2D eigenvalue weighted by Crippen LogP contribution is 2.46. The van der Waals surface area contributed by atoms with Crippen LogP contribution in [0.2, 0.25) is 10.0 Å². The van der Waals surface area contributed by atoms with E-state index in [0.29, 0.717) is 16.9 Å². The number of anilines is 3. The van der Waals surface area contributed by atoms with E-state index in [1.54, 1.807) is 31.0 Å². The number of hydrogen-bond acceptors (Lipinski definition) is 8. The van der Waals surface area contributed by atoms with Crippen LogP contribution < -0.4 is 21.2 Å². The maximum Gasteiger partial charge on any atom is 0.355 e. The largest absolute Gasteiger partial charge is 0.397 e. The molecule has 2 unspecified atom stereocenters. The SMILES string of the molecule is C=CC(=O)N1CC2C(=O)N(C)c3c(F)c(-c4c(N)c(Cl)cc(Cl)c4F)nc4c3c(nc(=O)n4-c3c(C)ccnc3C(C)C)N2CC1C. The lowest BCUT2D eigenvalue weighted by Crippen LogP contribution is -2.63. The summed E-state index contributed by atoms with van der Waals surface area (Å²) < 4.78 is 34.0. The van der Waals surface area contributed by atoms with Crippen molar-refractivity contribution in [3.63, 3.8) is 0 Å². The highest BCUT2D eigenvalue weighted by atomic mass is 35.5. The Labute approximate surface area is 278 Å². The zero-order valence-corrected chi connectivity index (χ0v) is 27.6. The molecule has 4 aromatic rings. The van der Waals surface area contributed by atoms with Gasteiger partial charge in [-0.3, -0.25) is 14.6 Å². The van der Waals surface area contributed by atoms with Gasteiger partial charge in [0.05, 0.1) is 50.3 Å². The number of carbonyl (C=O) groups is 2. The number of piperazine rings is 1. The topological polar surface area (TPSA) is 131 Å². The van der Waals surface area contributed by atoms with Gasteiger partial charge in [-0.15, -0.1) is 0 Å². The maximum atomic E-state index is 17.1. The average molecular weight is 684 g/mol. The number of rotatable bonds is 4. The summed E-state index contributed by atoms with van der Waals surface area (Å²) in [6.07, 6.45) is 2.75. The number of amides is 2. The van der Waals surface area contributed by atoms with E-state index >= 15 is 8.78 Å². The molecule has 2 amide bonds. The molecule has 2 N–H and O–H groups in total. The van der Waals surface area contributed by atoms with Crippen LogP contribution in [0.4, 0.5) is 26.0 Å². The second kappa shape index (κ2) is 11.6. The minimum Gasteiger partial charge on any atom is -0.397 e. The first kappa shape index (κ1) is 32.3. The molecule has 5 heterocycles. The van der Waals surface area contributed by atoms with Gasteiger partial charge in [0.2, 0.25) is 5.91 Å². The van der Waals surface area contributed by atoms with E-state index in [2.05, 4.69) is 21.5 Å². The van der Waals surface area contributed by atoms with E-state index in [-0.39, 0.29) is 52.3 Å². The van der Waals surface area contributed by atoms with Crippen LogP contribution in [-0.4, -0.2) is 68.5 Å². The van der Waals surface area contributed by atoms with E-state index in [1.807, 2.05) is 13.8 Å². The number of likely N-dealkylation sites (N-methyl/N-ethyl adjacent to an activating group) is 1. The molecule has 0 saturated carbocycles. The first-order chi connectivity index (χ1) is 22.2. The summed E-state index contributed by atoms with van der Waals surface area (Å²) in [6.45, 7) is 10.9. The third-order valence-corrected chi connectivity index (χ3v) is 9.30. The molecule has 0 spiro atoms. The summed E-state index contributed by atoms with van der Waals surface area (Å²) in [5.74, 6) is -3.40. The van der Waals surface area contributed by atoms with Crippen LogP contribution in [0.5, 0.6) is 0 Å². The van der Waals surface area contributed by atoms with Crippen LogP contribution in [0.3, 0.4) is 0 Å². The second-order valence-electron chi connectivity index (χ2n) is 11.9. The first-order valence-electron chi connectivity index (χ1n) is 14.7. The number of halogens is 4. The molecule has 6 rings (SSSR count). The molecule has 0 bridgehead atoms. The summed E-state index contributed by atoms with van der Waals surface area (Å²) in [4.78, 5) is 58.9. The second-order valence-corrected chi connectivity index (χ2v) is 12.8. The van der Waals surface area contributed by atoms with E-state index in [0.717, 1.165) is 17.0 Å². The molecular weight excluding hydrogens is 653 g/mol. The zero-order chi connectivity index (χ0) is 34.2. The lowest BCUT2D eigenvalue weighted by Gasteiger charge is -2.44. The van der Waals surface area contributed by atoms with Gasteiger partial charge in [-0.25, -0.2) is 23.1 Å². The molecule has 1 saturated heterocycles. The van der Waals surface area contributed by atoms with Crippen molar-refractivity contribution in [2.45, 2.75) is 45.7 Å². The van der Waals surface area contributed by atoms with Crippen LogP contribution in [0.25, 0.3) is 28.0 Å². The Morgan fingerprint density at radius 2 is 1.83 bits per heavy atom. The number of benzene rings is 1. The van der Waals surface area contributed by atoms with Gasteiger partial charge in [0.25, 0.3) is 5.91 Å². The number of pyridine rings is 2. The molecule has 47 heavy (non-hydrogen) atoms. The summed E-state index contributed by atoms with van der Waals surface area (Å²) in [5.41, 5.74) is 4.95. The molecule has 2 aliphatic heterocycles. The quantitative estimate of drug-likeness (QED) is 0.181. The minimum atomic E-state index is -1.12. The molecule has 244 valence electrons. The van der Waals surface area contributed by atoms with E-state index in [4.69, 9.17) is 28.9 Å². The van der Waals surface area contributed by atoms with E-state index in [9.17, 15) is 14.4 Å². The molecule has 2 aliphatic rings. The maximum absolute atomic E-state index is 17.1. The van der Waals surface area contributed by atoms with Crippen LogP contribution in [0.15, 0.2) is 35.8 Å². The van der Waals surface area contributed by atoms with Gasteiger partial charge in [-0.1, -0.05) is 43.6 Å². The first-order valence-corrected chi connectivity index (χ1v) is 15.5. The Kier molecular flexibility index (Phi) is 7.95. The Morgan fingerprint density at radius 3 is 2.49 bits per heavy atom. The molecule has 1 aromatic carbocycles. The third kappa shape index (κ3) is 4.82. The van der Waals surface area contributed by atoms with Gasteiger partial charge >= 0.3 is 5.69 Å². The number of aryl methyl sites for hydroxylation is 1. The Hall–Kier alpha value is -4.62. The number of nitrogens with two attached hydrogens (primary N) is 1. The van der Waals surface area contributed by atoms with Crippen LogP contribution in [-0.2, 0) is 9.59 Å². The van der Waals surface area contributed by atoms with Crippen molar-refractivity contribution in [3.05, 3.63) is 74.4 Å². The monoisotopic (exact) mass is 682 g/mol. The zero-order valence-electron chi connectivity index (χ0n) is 26.1. The van der Waals surface area contributed by atoms with E-state index in [1.165, 1.54) is 16.5 Å². The summed E-state index contributed by atoms with van der Waals surface area (Å²) in [5, 5.41) is -0.573. The van der Waals surface area contributed by atoms with Crippen molar-refractivity contribution in [2.24, 2.45) is 0 Å². The molecule has 1 fully saturated rings. The van der Waals surface area contributed by atoms with Gasteiger partial charge in [0.1, 0.15) is 17.6 Å². The predicted octanol–water partition coefficient (Wildman–Crippen LogP) is 5.01. The predicted molar refractivity (Wildman–Crippen MR) is 177 cm³/mol. The molecule has 0 aliphatic carbocycles. The highest BCUT2D eigenvalue weighted by Gasteiger charge is 2.45. The standard InChI is InChI=1S/C32H30Cl2F2N8O3/c1-7-19(45)42-12-18-31(46)41(6)28-21-29(43(18)11-15(42)5)40-32(47)44(27-14(4)8-9-38-25(27)13(2)3)30(21)39-26(23(28)36)20-22(35)16(33)10-17(34)24(20)37/h7-10,13,15,18H,1,11-12,37H2,2-6H3. The van der Waals surface area contributed by atoms with Crippen molar-refractivity contribution in [1.82, 2.24) is 24.4 Å². The molecular formula is C32H30Cl2F2N8O3. The summed E-state index contributed by atoms with van der Waals surface area (Å²) >= 11 is 12.4. The van der Waals surface area contributed by atoms with Crippen molar-refractivity contribution in [1.29, 1.82) is 0 Å². The molecule has 0 radical (unpaired) electrons. The van der Waals surface area contributed by atoms with Crippen LogP contribution in [0.1, 0.15) is 37.9 Å². The number of nitrogen functional groups attached to an aromatic ring is 1. The lowest BCUT2D eigenvalue weighted by molar-refractivity contribution is -0.130. The smallest absolute Gasteiger partial charge is 0.355 e. The number of aromatic nitrogens is 4. The Morgan fingerprint density at radius 1 is 1.13 bits per heavy atom. The fourth-order valence-corrected chi connectivity index (χ4v) is 6.85. The summed E-state index contributed by atoms with van der Waals surface area (Å²) in [7, 11) is 1.35. The van der Waals surface area contributed by atoms with Crippen LogP contribution in [0, 0.1) is 18.6 Å². The van der Waals surface area contributed by atoms with Gasteiger partial charge in [-0.05, 0) is 43.5 Å². The van der Waals surface area contributed by atoms with Gasteiger partial charge in [-0.2, -0.15) is 4.98 Å². The minimum absolute atomic E-state index is 0.0142. The lowest BCUT2D eigenvalue weighted by atomic mass is 10.0. The van der Waals surface area contributed by atoms with Gasteiger partial charge in [0, 0.05) is 25.8 Å². The number of hydrogen-bond donors (Lipinski definition) is 1. The van der Waals surface area contributed by atoms with Crippen molar-refractivity contribution in [2.75, 3.05) is 35.7 Å². The van der Waals surface area contributed by atoms with Crippen molar-refractivity contribution < 1.29 is 18.4 Å². The molecule has 11 nitrogen and oxygen atoms in total. The molecule has 15 heteroatoms. The third-order valence-electron chi connectivity index (χ3n) is 8.71. The highest BCUT2D eigenvalue weighted by molar-refractivity contribution is 6.37. The average Bonchev–Trinajstić information content (AvgIpc) is 3.11. The van der Waals surface area contributed by atoms with Gasteiger partial charge in [0.15, 0.2) is 17.3 Å². The number of nitrogens with zero attached hydrogens (tertiary/aromatic N) is 7. The Balaban J connectivity index is 1.81. The molecule has 2 atom stereocenters. The Bertz CT molecular complexity index is 2080. The van der Waals surface area contributed by atoms with Crippen molar-refractivity contribution >= 4 is 63.2 Å². The fraction of sp³-hybridized carbons (Fsp3) is 0.312. The summed E-state index contributed by atoms with van der Waals surface area (Å²) in [6, 6.07) is 1.29. The number of carbonyl (C=O) groups excluding carboxylic acids is 2. The fourth-order valence-electron chi connectivity index (χ4n) is 6.39. The van der Waals surface area contributed by atoms with Crippen LogP contribution >= 0.6 is 23.2 Å². The normalized spacial score (nSPS) is 17.7. The number of fused-ring (bicyclic) bond motifs is 2.